The lowest BCUT2D eigenvalue weighted by atomic mass is 10.2. The van der Waals surface area contributed by atoms with Crippen molar-refractivity contribution in [2.24, 2.45) is 4.99 Å². The van der Waals surface area contributed by atoms with Crippen LogP contribution in [0.15, 0.2) is 53.8 Å². The van der Waals surface area contributed by atoms with Gasteiger partial charge in [0.25, 0.3) is 11.8 Å². The lowest BCUT2D eigenvalue weighted by Crippen LogP contribution is -2.58. The normalized spacial score (nSPS) is 18.3. The van der Waals surface area contributed by atoms with Gasteiger partial charge in [-0.3, -0.25) is 19.7 Å². The minimum absolute atomic E-state index is 0.114. The van der Waals surface area contributed by atoms with Crippen LogP contribution in [-0.4, -0.2) is 39.5 Å². The zero-order valence-electron chi connectivity index (χ0n) is 14.1. The maximum atomic E-state index is 12.5. The first-order valence-electron chi connectivity index (χ1n) is 8.06. The minimum atomic E-state index is -0.636. The maximum absolute atomic E-state index is 12.5. The van der Waals surface area contributed by atoms with Crippen LogP contribution in [0.3, 0.4) is 0 Å². The Morgan fingerprint density at radius 3 is 2.76 bits per heavy atom. The van der Waals surface area contributed by atoms with Crippen LogP contribution in [-0.2, 0) is 16.1 Å². The van der Waals surface area contributed by atoms with Gasteiger partial charge in [-0.25, -0.2) is 10.0 Å². The highest BCUT2D eigenvalue weighted by molar-refractivity contribution is 6.39. The molecule has 1 aliphatic heterocycles. The lowest BCUT2D eigenvalue weighted by Gasteiger charge is -2.30. The van der Waals surface area contributed by atoms with E-state index in [1.165, 1.54) is 5.01 Å². The van der Waals surface area contributed by atoms with Gasteiger partial charge in [-0.1, -0.05) is 18.2 Å². The van der Waals surface area contributed by atoms with Gasteiger partial charge in [-0.15, -0.1) is 0 Å². The number of anilines is 1. The third kappa shape index (κ3) is 3.85. The van der Waals surface area contributed by atoms with Gasteiger partial charge in [0.2, 0.25) is 5.84 Å². The van der Waals surface area contributed by atoms with Gasteiger partial charge in [-0.2, -0.15) is 5.10 Å². The van der Waals surface area contributed by atoms with Gasteiger partial charge in [0, 0.05) is 18.4 Å². The Bertz CT molecular complexity index is 772. The summed E-state index contributed by atoms with van der Waals surface area (Å²) >= 11 is 0. The number of benzene rings is 1. The van der Waals surface area contributed by atoms with Crippen LogP contribution in [0.5, 0.6) is 0 Å². The highest BCUT2D eigenvalue weighted by atomic mass is 16.2. The Balaban J connectivity index is 1.69. The zero-order chi connectivity index (χ0) is 17.8. The summed E-state index contributed by atoms with van der Waals surface area (Å²) in [6.07, 6.45) is 3.52. The summed E-state index contributed by atoms with van der Waals surface area (Å²) in [6.45, 7) is 4.09. The van der Waals surface area contributed by atoms with E-state index in [4.69, 9.17) is 0 Å². The maximum Gasteiger partial charge on any atom is 0.288 e. The highest BCUT2D eigenvalue weighted by Gasteiger charge is 2.31. The molecular formula is C17H20N6O2. The molecule has 0 saturated carbocycles. The highest BCUT2D eigenvalue weighted by Crippen LogP contribution is 2.15. The SMILES string of the molecule is C[C@@H](Cn1cccn1)NC(=O)C1=N[C@H](C)C(=O)N(c2ccccc2)N1. The summed E-state index contributed by atoms with van der Waals surface area (Å²) in [4.78, 5) is 29.0. The molecule has 2 aromatic rings. The fourth-order valence-corrected chi connectivity index (χ4v) is 2.53. The van der Waals surface area contributed by atoms with Crippen molar-refractivity contribution < 1.29 is 9.59 Å². The van der Waals surface area contributed by atoms with Crippen LogP contribution in [0.1, 0.15) is 13.8 Å². The third-order valence-electron chi connectivity index (χ3n) is 3.75. The zero-order valence-corrected chi connectivity index (χ0v) is 14.1. The number of carbonyl (C=O) groups is 2. The van der Waals surface area contributed by atoms with Gasteiger partial charge in [-0.05, 0) is 32.0 Å². The first-order chi connectivity index (χ1) is 12.0. The number of amidine groups is 1. The van der Waals surface area contributed by atoms with Crippen LogP contribution in [0, 0.1) is 0 Å². The number of aromatic nitrogens is 2. The number of nitrogens with one attached hydrogen (secondary N) is 2. The molecule has 2 heterocycles. The second-order valence-corrected chi connectivity index (χ2v) is 5.88. The average Bonchev–Trinajstić information content (AvgIpc) is 3.10. The topological polar surface area (TPSA) is 91.6 Å². The van der Waals surface area contributed by atoms with E-state index < -0.39 is 6.04 Å². The van der Waals surface area contributed by atoms with E-state index in [1.54, 1.807) is 29.9 Å². The molecule has 0 unspecified atom stereocenters. The molecule has 1 aliphatic rings. The average molecular weight is 340 g/mol. The standard InChI is InChI=1S/C17H20N6O2/c1-12(11-22-10-6-9-18-22)19-16(24)15-20-13(2)17(25)23(21-15)14-7-4-3-5-8-14/h3-10,12-13H,11H2,1-2H3,(H,19,24)(H,20,21)/t12-,13+/m0/s1. The summed E-state index contributed by atoms with van der Waals surface area (Å²) in [5, 5.41) is 8.33. The second kappa shape index (κ2) is 7.16. The molecule has 0 radical (unpaired) electrons. The fraction of sp³-hybridized carbons (Fsp3) is 0.294. The third-order valence-corrected chi connectivity index (χ3v) is 3.75. The molecule has 130 valence electrons. The van der Waals surface area contributed by atoms with E-state index >= 15 is 0 Å². The van der Waals surface area contributed by atoms with Crippen LogP contribution in [0.4, 0.5) is 5.69 Å². The van der Waals surface area contributed by atoms with Crippen molar-refractivity contribution in [1.82, 2.24) is 20.5 Å². The Morgan fingerprint density at radius 2 is 2.08 bits per heavy atom. The number of para-hydroxylation sites is 1. The molecule has 25 heavy (non-hydrogen) atoms. The van der Waals surface area contributed by atoms with E-state index in [2.05, 4.69) is 20.8 Å². The monoisotopic (exact) mass is 340 g/mol. The van der Waals surface area contributed by atoms with E-state index in [-0.39, 0.29) is 23.7 Å². The molecule has 0 spiro atoms. The molecule has 1 aromatic heterocycles. The molecule has 2 atom stereocenters. The van der Waals surface area contributed by atoms with Gasteiger partial charge in [0.05, 0.1) is 12.2 Å². The summed E-state index contributed by atoms with van der Waals surface area (Å²) in [5.41, 5.74) is 3.47. The van der Waals surface area contributed by atoms with Crippen molar-refractivity contribution in [2.75, 3.05) is 5.01 Å². The van der Waals surface area contributed by atoms with E-state index in [1.807, 2.05) is 37.4 Å². The van der Waals surface area contributed by atoms with Crippen molar-refractivity contribution in [3.8, 4) is 0 Å². The number of aliphatic imine (C=N–C) groups is 1. The molecule has 2 N–H and O–H groups in total. The van der Waals surface area contributed by atoms with Crippen molar-refractivity contribution in [2.45, 2.75) is 32.5 Å². The molecule has 3 rings (SSSR count). The molecule has 8 heteroatoms. The van der Waals surface area contributed by atoms with Crippen molar-refractivity contribution in [1.29, 1.82) is 0 Å². The molecule has 0 fully saturated rings. The fourth-order valence-electron chi connectivity index (χ4n) is 2.53. The predicted octanol–water partition coefficient (Wildman–Crippen LogP) is 0.726. The largest absolute Gasteiger partial charge is 0.345 e. The van der Waals surface area contributed by atoms with E-state index in [0.717, 1.165) is 0 Å². The first kappa shape index (κ1) is 16.7. The number of nitrogens with zero attached hydrogens (tertiary/aromatic N) is 4. The number of amides is 2. The first-order valence-corrected chi connectivity index (χ1v) is 8.06. The molecule has 0 saturated heterocycles. The number of carbonyl (C=O) groups excluding carboxylic acids is 2. The minimum Gasteiger partial charge on any atom is -0.345 e. The quantitative estimate of drug-likeness (QED) is 0.839. The van der Waals surface area contributed by atoms with Crippen molar-refractivity contribution in [3.63, 3.8) is 0 Å². The molecule has 0 bridgehead atoms. The molecule has 2 amide bonds. The van der Waals surface area contributed by atoms with Crippen molar-refractivity contribution in [3.05, 3.63) is 48.8 Å². The molecule has 8 nitrogen and oxygen atoms in total. The van der Waals surface area contributed by atoms with E-state index in [0.29, 0.717) is 12.2 Å². The number of rotatable bonds is 5. The molecule has 0 aliphatic carbocycles. The Kier molecular flexibility index (Phi) is 4.78. The van der Waals surface area contributed by atoms with Crippen LogP contribution in [0.25, 0.3) is 0 Å². The lowest BCUT2D eigenvalue weighted by molar-refractivity contribution is -0.120. The predicted molar refractivity (Wildman–Crippen MR) is 93.8 cm³/mol. The molecule has 1 aromatic carbocycles. The summed E-state index contributed by atoms with van der Waals surface area (Å²) in [6, 6.07) is 10.1. The summed E-state index contributed by atoms with van der Waals surface area (Å²) < 4.78 is 1.74. The van der Waals surface area contributed by atoms with Gasteiger partial charge in [0.1, 0.15) is 6.04 Å². The number of hydrazine groups is 1. The Morgan fingerprint density at radius 1 is 1.32 bits per heavy atom. The van der Waals surface area contributed by atoms with Gasteiger partial charge in [0.15, 0.2) is 0 Å². The van der Waals surface area contributed by atoms with Crippen LogP contribution >= 0.6 is 0 Å². The van der Waals surface area contributed by atoms with Crippen LogP contribution < -0.4 is 15.8 Å². The van der Waals surface area contributed by atoms with Gasteiger partial charge >= 0.3 is 0 Å². The van der Waals surface area contributed by atoms with Crippen LogP contribution in [0.2, 0.25) is 0 Å². The number of hydrogen-bond donors (Lipinski definition) is 2. The second-order valence-electron chi connectivity index (χ2n) is 5.88. The smallest absolute Gasteiger partial charge is 0.288 e. The Hall–Kier alpha value is -3.16. The van der Waals surface area contributed by atoms with E-state index in [9.17, 15) is 9.59 Å². The van der Waals surface area contributed by atoms with Crippen molar-refractivity contribution >= 4 is 23.3 Å². The number of hydrogen-bond acceptors (Lipinski definition) is 5. The Labute approximate surface area is 145 Å². The van der Waals surface area contributed by atoms with Gasteiger partial charge < -0.3 is 5.32 Å². The molecular weight excluding hydrogens is 320 g/mol. The summed E-state index contributed by atoms with van der Waals surface area (Å²) in [5.74, 6) is -0.462. The summed E-state index contributed by atoms with van der Waals surface area (Å²) in [7, 11) is 0.